The first-order valence-electron chi connectivity index (χ1n) is 12.5. The first-order chi connectivity index (χ1) is 17.0. The van der Waals surface area contributed by atoms with Gasteiger partial charge in [-0.2, -0.15) is 9.97 Å². The highest BCUT2D eigenvalue weighted by molar-refractivity contribution is 6.10. The van der Waals surface area contributed by atoms with Gasteiger partial charge in [0.2, 0.25) is 5.88 Å². The fourth-order valence-corrected chi connectivity index (χ4v) is 5.25. The molecule has 1 aromatic heterocycles. The van der Waals surface area contributed by atoms with Gasteiger partial charge in [0.25, 0.3) is 5.91 Å². The van der Waals surface area contributed by atoms with Crippen molar-refractivity contribution in [2.24, 2.45) is 11.8 Å². The van der Waals surface area contributed by atoms with Crippen LogP contribution in [0.15, 0.2) is 24.3 Å². The summed E-state index contributed by atoms with van der Waals surface area (Å²) in [5, 5.41) is 9.03. The summed E-state index contributed by atoms with van der Waals surface area (Å²) < 4.78 is 11.5. The number of rotatable bonds is 7. The number of benzene rings is 1. The summed E-state index contributed by atoms with van der Waals surface area (Å²) in [7, 11) is 0. The number of carboxylic acids is 1. The van der Waals surface area contributed by atoms with E-state index < -0.39 is 5.97 Å². The number of nitrogen functional groups attached to an aromatic ring is 1. The van der Waals surface area contributed by atoms with E-state index >= 15 is 0 Å². The molecule has 1 aliphatic heterocycles. The van der Waals surface area contributed by atoms with Crippen molar-refractivity contribution in [1.29, 1.82) is 0 Å². The summed E-state index contributed by atoms with van der Waals surface area (Å²) >= 11 is 0. The summed E-state index contributed by atoms with van der Waals surface area (Å²) in [5.74, 6) is 0.444. The summed E-state index contributed by atoms with van der Waals surface area (Å²) in [4.78, 5) is 34.6. The number of amides is 1. The molecule has 0 saturated heterocycles. The minimum Gasteiger partial charge on any atom is -0.481 e. The van der Waals surface area contributed by atoms with E-state index in [0.29, 0.717) is 25.0 Å². The molecule has 0 atom stereocenters. The van der Waals surface area contributed by atoms with E-state index in [0.717, 1.165) is 44.2 Å². The van der Waals surface area contributed by atoms with E-state index in [4.69, 9.17) is 20.3 Å². The van der Waals surface area contributed by atoms with Crippen LogP contribution < -0.4 is 20.1 Å². The lowest BCUT2D eigenvalue weighted by Crippen LogP contribution is -2.32. The topological polar surface area (TPSA) is 128 Å². The molecule has 0 unspecified atom stereocenters. The normalized spacial score (nSPS) is 22.5. The molecule has 2 saturated carbocycles. The van der Waals surface area contributed by atoms with Gasteiger partial charge in [0, 0.05) is 12.1 Å². The maximum atomic E-state index is 13.4. The average Bonchev–Trinajstić information content (AvgIpc) is 2.97. The molecule has 2 aliphatic carbocycles. The Balaban J connectivity index is 1.27. The van der Waals surface area contributed by atoms with E-state index in [1.807, 2.05) is 12.1 Å². The molecule has 1 amide bonds. The molecule has 0 radical (unpaired) electrons. The van der Waals surface area contributed by atoms with Crippen LogP contribution in [0.4, 0.5) is 11.5 Å². The zero-order valence-electron chi connectivity index (χ0n) is 19.8. The molecule has 2 aromatic rings. The van der Waals surface area contributed by atoms with E-state index in [1.54, 1.807) is 4.90 Å². The van der Waals surface area contributed by atoms with Gasteiger partial charge in [0.05, 0.1) is 13.2 Å². The molecule has 3 aliphatic rings. The summed E-state index contributed by atoms with van der Waals surface area (Å²) in [6, 6.07) is 8.18. The standard InChI is InChI=1S/C26H32N4O5/c27-23-22-24(29-26(28-23)35-15-17-2-1-3-17)34-13-12-30(25(22)33)20-10-8-19(9-11-20)18-6-4-16(5-7-18)14-21(31)32/h8-11,16-18H,1-7,12-15H2,(H,31,32)(H2,27,28,29). The second-order valence-corrected chi connectivity index (χ2v) is 9.89. The van der Waals surface area contributed by atoms with Crippen LogP contribution in [0, 0.1) is 11.8 Å². The fourth-order valence-electron chi connectivity index (χ4n) is 5.25. The van der Waals surface area contributed by atoms with Crippen molar-refractivity contribution in [1.82, 2.24) is 9.97 Å². The minimum atomic E-state index is -0.714. The summed E-state index contributed by atoms with van der Waals surface area (Å²) in [6.07, 6.45) is 7.62. The van der Waals surface area contributed by atoms with Crippen LogP contribution >= 0.6 is 0 Å². The Morgan fingerprint density at radius 2 is 1.83 bits per heavy atom. The third-order valence-electron chi connectivity index (χ3n) is 7.56. The third-order valence-corrected chi connectivity index (χ3v) is 7.56. The second kappa shape index (κ2) is 10.1. The predicted octanol–water partition coefficient (Wildman–Crippen LogP) is 4.03. The smallest absolute Gasteiger partial charge is 0.321 e. The Kier molecular flexibility index (Phi) is 6.74. The minimum absolute atomic E-state index is 0.0604. The van der Waals surface area contributed by atoms with Gasteiger partial charge in [0.15, 0.2) is 0 Å². The van der Waals surface area contributed by atoms with Gasteiger partial charge >= 0.3 is 12.0 Å². The first kappa shape index (κ1) is 23.4. The Bertz CT molecular complexity index is 1080. The van der Waals surface area contributed by atoms with E-state index in [1.165, 1.54) is 12.0 Å². The van der Waals surface area contributed by atoms with Crippen molar-refractivity contribution in [3.05, 3.63) is 35.4 Å². The molecule has 35 heavy (non-hydrogen) atoms. The van der Waals surface area contributed by atoms with Crippen LogP contribution in [0.2, 0.25) is 0 Å². The fraction of sp³-hybridized carbons (Fsp3) is 0.538. The molecule has 5 rings (SSSR count). The lowest BCUT2D eigenvalue weighted by molar-refractivity contribution is -0.138. The van der Waals surface area contributed by atoms with Crippen LogP contribution in [0.1, 0.15) is 73.2 Å². The number of carbonyl (C=O) groups excluding carboxylic acids is 1. The number of anilines is 2. The molecule has 0 spiro atoms. The van der Waals surface area contributed by atoms with Crippen molar-refractivity contribution >= 4 is 23.4 Å². The second-order valence-electron chi connectivity index (χ2n) is 9.89. The van der Waals surface area contributed by atoms with Crippen molar-refractivity contribution in [3.63, 3.8) is 0 Å². The zero-order chi connectivity index (χ0) is 24.4. The molecule has 9 nitrogen and oxygen atoms in total. The van der Waals surface area contributed by atoms with E-state index in [-0.39, 0.29) is 48.1 Å². The van der Waals surface area contributed by atoms with E-state index in [9.17, 15) is 9.59 Å². The number of ether oxygens (including phenoxy) is 2. The molecule has 9 heteroatoms. The van der Waals surface area contributed by atoms with Gasteiger partial charge in [-0.25, -0.2) is 0 Å². The Morgan fingerprint density at radius 3 is 2.49 bits per heavy atom. The van der Waals surface area contributed by atoms with Gasteiger partial charge in [-0.3, -0.25) is 9.59 Å². The van der Waals surface area contributed by atoms with Gasteiger partial charge in [-0.1, -0.05) is 18.6 Å². The number of fused-ring (bicyclic) bond motifs is 1. The first-order valence-corrected chi connectivity index (χ1v) is 12.5. The summed E-state index contributed by atoms with van der Waals surface area (Å²) in [6.45, 7) is 1.20. The molecule has 0 bridgehead atoms. The highest BCUT2D eigenvalue weighted by Gasteiger charge is 2.31. The molecule has 3 N–H and O–H groups in total. The van der Waals surface area contributed by atoms with Crippen LogP contribution in [-0.4, -0.2) is 46.7 Å². The van der Waals surface area contributed by atoms with Gasteiger partial charge in [0.1, 0.15) is 18.0 Å². The van der Waals surface area contributed by atoms with Crippen LogP contribution in [0.3, 0.4) is 0 Å². The zero-order valence-corrected chi connectivity index (χ0v) is 19.8. The number of nitrogens with zero attached hydrogens (tertiary/aromatic N) is 3. The van der Waals surface area contributed by atoms with Gasteiger partial charge in [-0.05, 0) is 74.0 Å². The van der Waals surface area contributed by atoms with Gasteiger partial charge < -0.3 is 25.2 Å². The van der Waals surface area contributed by atoms with Crippen molar-refractivity contribution < 1.29 is 24.2 Å². The summed E-state index contributed by atoms with van der Waals surface area (Å²) in [5.41, 5.74) is 8.31. The molecule has 2 fully saturated rings. The van der Waals surface area contributed by atoms with Crippen LogP contribution in [0.25, 0.3) is 0 Å². The third kappa shape index (κ3) is 5.18. The maximum absolute atomic E-state index is 13.4. The largest absolute Gasteiger partial charge is 0.481 e. The highest BCUT2D eigenvalue weighted by Crippen LogP contribution is 2.38. The van der Waals surface area contributed by atoms with Crippen molar-refractivity contribution in [3.8, 4) is 11.9 Å². The number of carbonyl (C=O) groups is 2. The van der Waals surface area contributed by atoms with Gasteiger partial charge in [-0.15, -0.1) is 0 Å². The number of aliphatic carboxylic acids is 1. The quantitative estimate of drug-likeness (QED) is 0.608. The van der Waals surface area contributed by atoms with Crippen molar-refractivity contribution in [2.75, 3.05) is 30.4 Å². The van der Waals surface area contributed by atoms with Crippen LogP contribution in [0.5, 0.6) is 11.9 Å². The number of nitrogens with two attached hydrogens (primary N) is 1. The number of hydrogen-bond acceptors (Lipinski definition) is 7. The molecule has 2 heterocycles. The maximum Gasteiger partial charge on any atom is 0.321 e. The average molecular weight is 481 g/mol. The highest BCUT2D eigenvalue weighted by atomic mass is 16.5. The number of aromatic nitrogens is 2. The van der Waals surface area contributed by atoms with Crippen LogP contribution in [-0.2, 0) is 4.79 Å². The predicted molar refractivity (Wildman–Crippen MR) is 130 cm³/mol. The molecule has 1 aromatic carbocycles. The molecule has 186 valence electrons. The SMILES string of the molecule is Nc1nc(OCC2CCC2)nc2c1C(=O)N(c1ccc(C3CCC(CC(=O)O)CC3)cc1)CCO2. The Morgan fingerprint density at radius 1 is 1.09 bits per heavy atom. The monoisotopic (exact) mass is 480 g/mol. The number of hydrogen-bond donors (Lipinski definition) is 2. The molecular weight excluding hydrogens is 448 g/mol. The lowest BCUT2D eigenvalue weighted by atomic mass is 9.77. The Labute approximate surface area is 204 Å². The van der Waals surface area contributed by atoms with Crippen molar-refractivity contribution in [2.45, 2.75) is 57.3 Å². The Hall–Kier alpha value is -3.36. The van der Waals surface area contributed by atoms with E-state index in [2.05, 4.69) is 22.1 Å². The number of carboxylic acid groups (broad SMARTS) is 1. The molecular formula is C26H32N4O5. The lowest BCUT2D eigenvalue weighted by Gasteiger charge is -2.28.